The molecule has 3 aromatic rings. The van der Waals surface area contributed by atoms with Crippen LogP contribution in [0.1, 0.15) is 82.3 Å². The molecule has 2 heterocycles. The Morgan fingerprint density at radius 2 is 2.06 bits per heavy atom. The molecule has 1 aliphatic carbocycles. The van der Waals surface area contributed by atoms with E-state index in [0.717, 1.165) is 41.7 Å². The first-order valence-electron chi connectivity index (χ1n) is 12.6. The van der Waals surface area contributed by atoms with Gasteiger partial charge in [0.1, 0.15) is 5.75 Å². The van der Waals surface area contributed by atoms with Gasteiger partial charge in [-0.15, -0.1) is 5.10 Å². The topological polar surface area (TPSA) is 109 Å². The average Bonchev–Trinajstić information content (AvgIpc) is 3.34. The maximum Gasteiger partial charge on any atom is 0.252 e. The molecule has 34 heavy (non-hydrogen) atoms. The number of H-pyrrole nitrogens is 1. The number of aromatic nitrogens is 5. The molecule has 0 spiro atoms. The minimum atomic E-state index is -0.104. The molecule has 0 bridgehead atoms. The Morgan fingerprint density at radius 1 is 1.24 bits per heavy atom. The lowest BCUT2D eigenvalue weighted by Crippen LogP contribution is -2.34. The van der Waals surface area contributed by atoms with Crippen LogP contribution >= 0.6 is 0 Å². The van der Waals surface area contributed by atoms with Gasteiger partial charge in [0.15, 0.2) is 5.82 Å². The smallest absolute Gasteiger partial charge is 0.252 e. The molecule has 0 aliphatic heterocycles. The van der Waals surface area contributed by atoms with E-state index in [-0.39, 0.29) is 18.2 Å². The molecule has 9 heteroatoms. The fourth-order valence-corrected chi connectivity index (χ4v) is 5.05. The van der Waals surface area contributed by atoms with E-state index in [1.165, 1.54) is 19.3 Å². The Morgan fingerprint density at radius 3 is 2.79 bits per heavy atom. The lowest BCUT2D eigenvalue weighted by Gasteiger charge is -2.32. The molecule has 1 aliphatic rings. The molecule has 184 valence electrons. The predicted molar refractivity (Wildman–Crippen MR) is 131 cm³/mol. The largest absolute Gasteiger partial charge is 0.494 e. The highest BCUT2D eigenvalue weighted by atomic mass is 16.5. The summed E-state index contributed by atoms with van der Waals surface area (Å²) in [5.41, 5.74) is 1.36. The Kier molecular flexibility index (Phi) is 8.29. The highest BCUT2D eigenvalue weighted by Gasteiger charge is 2.28. The quantitative estimate of drug-likeness (QED) is 0.441. The van der Waals surface area contributed by atoms with Gasteiger partial charge in [0.05, 0.1) is 18.7 Å². The van der Waals surface area contributed by atoms with E-state index in [2.05, 4.69) is 32.3 Å². The van der Waals surface area contributed by atoms with Crippen molar-refractivity contribution in [2.45, 2.75) is 77.4 Å². The van der Waals surface area contributed by atoms with Crippen LogP contribution in [-0.2, 0) is 6.54 Å². The van der Waals surface area contributed by atoms with E-state index in [0.29, 0.717) is 37.7 Å². The van der Waals surface area contributed by atoms with Crippen molar-refractivity contribution >= 4 is 10.9 Å². The Hall–Kier alpha value is -2.78. The summed E-state index contributed by atoms with van der Waals surface area (Å²) in [4.78, 5) is 18.2. The van der Waals surface area contributed by atoms with Crippen molar-refractivity contribution in [2.24, 2.45) is 0 Å². The minimum absolute atomic E-state index is 0.0478. The highest BCUT2D eigenvalue weighted by Crippen LogP contribution is 2.32. The Balaban J connectivity index is 1.65. The zero-order chi connectivity index (χ0) is 23.9. The van der Waals surface area contributed by atoms with Gasteiger partial charge in [0.25, 0.3) is 5.56 Å². The van der Waals surface area contributed by atoms with Gasteiger partial charge in [-0.1, -0.05) is 26.2 Å². The third-order valence-corrected chi connectivity index (χ3v) is 6.74. The number of nitrogens with one attached hydrogen (secondary N) is 1. The fraction of sp³-hybridized carbons (Fsp3) is 0.600. The normalized spacial score (nSPS) is 15.8. The van der Waals surface area contributed by atoms with Crippen molar-refractivity contribution in [3.05, 3.63) is 46.0 Å². The summed E-state index contributed by atoms with van der Waals surface area (Å²) in [6, 6.07) is 7.92. The van der Waals surface area contributed by atoms with Gasteiger partial charge in [-0.05, 0) is 67.3 Å². The number of nitrogens with zero attached hydrogens (tertiary/aromatic N) is 5. The standard InChI is InChI=1S/C25H36N6O3/c1-3-23(24-27-28-29-31(24)20-9-6-5-7-10-20)30(13-8-14-32)17-19-15-18-16-21(34-4-2)11-12-22(18)26-25(19)33/h11-12,15-16,20,23,32H,3-10,13-14,17H2,1-2H3,(H,26,33). The van der Waals surface area contributed by atoms with Gasteiger partial charge in [-0.2, -0.15) is 0 Å². The van der Waals surface area contributed by atoms with E-state index in [4.69, 9.17) is 4.74 Å². The summed E-state index contributed by atoms with van der Waals surface area (Å²) in [6.45, 7) is 5.84. The first-order chi connectivity index (χ1) is 16.6. The summed E-state index contributed by atoms with van der Waals surface area (Å²) in [7, 11) is 0. The lowest BCUT2D eigenvalue weighted by molar-refractivity contribution is 0.147. The van der Waals surface area contributed by atoms with Crippen molar-refractivity contribution in [1.29, 1.82) is 0 Å². The number of benzene rings is 1. The lowest BCUT2D eigenvalue weighted by atomic mass is 9.95. The number of aliphatic hydroxyl groups is 1. The second-order valence-electron chi connectivity index (χ2n) is 9.05. The number of rotatable bonds is 11. The van der Waals surface area contributed by atoms with E-state index >= 15 is 0 Å². The van der Waals surface area contributed by atoms with Crippen molar-refractivity contribution in [3.8, 4) is 5.75 Å². The second kappa shape index (κ2) is 11.6. The Labute approximate surface area is 200 Å². The van der Waals surface area contributed by atoms with Crippen LogP contribution in [0.5, 0.6) is 5.75 Å². The van der Waals surface area contributed by atoms with E-state index in [1.54, 1.807) is 0 Å². The number of pyridine rings is 1. The first-order valence-corrected chi connectivity index (χ1v) is 12.6. The van der Waals surface area contributed by atoms with Gasteiger partial charge >= 0.3 is 0 Å². The van der Waals surface area contributed by atoms with E-state index in [1.807, 2.05) is 35.9 Å². The first kappa shape index (κ1) is 24.3. The van der Waals surface area contributed by atoms with Crippen LogP contribution in [0.4, 0.5) is 0 Å². The van der Waals surface area contributed by atoms with E-state index in [9.17, 15) is 9.90 Å². The van der Waals surface area contributed by atoms with Gasteiger partial charge in [-0.25, -0.2) is 4.68 Å². The molecule has 1 saturated carbocycles. The Bertz CT molecular complexity index is 1120. The number of hydrogen-bond acceptors (Lipinski definition) is 7. The average molecular weight is 469 g/mol. The number of hydrogen-bond donors (Lipinski definition) is 2. The molecule has 4 rings (SSSR count). The van der Waals surface area contributed by atoms with Gasteiger partial charge < -0.3 is 14.8 Å². The SMILES string of the molecule is CCOc1ccc2[nH]c(=O)c(CN(CCCO)C(CC)c3nnnn3C3CCCCC3)cc2c1. The molecular weight excluding hydrogens is 432 g/mol. The zero-order valence-corrected chi connectivity index (χ0v) is 20.2. The van der Waals surface area contributed by atoms with Crippen molar-refractivity contribution < 1.29 is 9.84 Å². The molecule has 0 saturated heterocycles. The predicted octanol–water partition coefficient (Wildman–Crippen LogP) is 3.75. The second-order valence-corrected chi connectivity index (χ2v) is 9.05. The third kappa shape index (κ3) is 5.47. The summed E-state index contributed by atoms with van der Waals surface area (Å²) in [5, 5.41) is 23.3. The van der Waals surface area contributed by atoms with Crippen LogP contribution in [0.2, 0.25) is 0 Å². The minimum Gasteiger partial charge on any atom is -0.494 e. The van der Waals surface area contributed by atoms with Gasteiger partial charge in [-0.3, -0.25) is 9.69 Å². The molecule has 9 nitrogen and oxygen atoms in total. The van der Waals surface area contributed by atoms with Crippen LogP contribution in [0, 0.1) is 0 Å². The summed E-state index contributed by atoms with van der Waals surface area (Å²) < 4.78 is 7.65. The van der Waals surface area contributed by atoms with Crippen LogP contribution in [0.15, 0.2) is 29.1 Å². The fourth-order valence-electron chi connectivity index (χ4n) is 5.05. The molecule has 1 fully saturated rings. The number of aliphatic hydroxyl groups excluding tert-OH is 1. The molecule has 2 N–H and O–H groups in total. The van der Waals surface area contributed by atoms with Crippen molar-refractivity contribution in [3.63, 3.8) is 0 Å². The molecule has 1 atom stereocenters. The number of aromatic amines is 1. The number of fused-ring (bicyclic) bond motifs is 1. The molecule has 0 amide bonds. The molecule has 2 aromatic heterocycles. The van der Waals surface area contributed by atoms with Crippen molar-refractivity contribution in [1.82, 2.24) is 30.1 Å². The maximum absolute atomic E-state index is 13.0. The van der Waals surface area contributed by atoms with Crippen molar-refractivity contribution in [2.75, 3.05) is 19.8 Å². The zero-order valence-electron chi connectivity index (χ0n) is 20.2. The summed E-state index contributed by atoms with van der Waals surface area (Å²) in [5.74, 6) is 1.63. The van der Waals surface area contributed by atoms with Crippen LogP contribution in [0.25, 0.3) is 10.9 Å². The highest BCUT2D eigenvalue weighted by molar-refractivity contribution is 5.80. The van der Waals surface area contributed by atoms with Crippen LogP contribution in [-0.4, -0.2) is 55.0 Å². The number of ether oxygens (including phenoxy) is 1. The maximum atomic E-state index is 13.0. The van der Waals surface area contributed by atoms with E-state index < -0.39 is 0 Å². The molecule has 1 aromatic carbocycles. The van der Waals surface area contributed by atoms with Crippen LogP contribution in [0.3, 0.4) is 0 Å². The van der Waals surface area contributed by atoms with Gasteiger partial charge in [0, 0.05) is 36.2 Å². The monoisotopic (exact) mass is 468 g/mol. The van der Waals surface area contributed by atoms with Crippen LogP contribution < -0.4 is 10.3 Å². The summed E-state index contributed by atoms with van der Waals surface area (Å²) in [6.07, 6.45) is 7.27. The summed E-state index contributed by atoms with van der Waals surface area (Å²) >= 11 is 0. The number of tetrazole rings is 1. The molecule has 0 radical (unpaired) electrons. The van der Waals surface area contributed by atoms with Gasteiger partial charge in [0.2, 0.25) is 0 Å². The third-order valence-electron chi connectivity index (χ3n) is 6.74. The molecule has 1 unspecified atom stereocenters. The molecular formula is C25H36N6O3.